The fourth-order valence-corrected chi connectivity index (χ4v) is 1.91. The zero-order chi connectivity index (χ0) is 15.8. The highest BCUT2D eigenvalue weighted by molar-refractivity contribution is 6.39. The molecule has 21 heavy (non-hydrogen) atoms. The molecule has 0 spiro atoms. The predicted octanol–water partition coefficient (Wildman–Crippen LogP) is 2.24. The monoisotopic (exact) mass is 291 g/mol. The Hall–Kier alpha value is -2.04. The van der Waals surface area contributed by atoms with Crippen molar-refractivity contribution in [2.24, 2.45) is 5.92 Å². The molecule has 1 aromatic carbocycles. The second-order valence-electron chi connectivity index (χ2n) is 5.28. The number of benzene rings is 1. The van der Waals surface area contributed by atoms with E-state index in [4.69, 9.17) is 0 Å². The van der Waals surface area contributed by atoms with E-state index < -0.39 is 11.8 Å². The summed E-state index contributed by atoms with van der Waals surface area (Å²) in [4.78, 5) is 25.5. The highest BCUT2D eigenvalue weighted by Crippen LogP contribution is 2.17. The van der Waals surface area contributed by atoms with Gasteiger partial charge in [0, 0.05) is 31.0 Å². The summed E-state index contributed by atoms with van der Waals surface area (Å²) < 4.78 is 0. The van der Waals surface area contributed by atoms with Crippen LogP contribution in [0.1, 0.15) is 27.7 Å². The SMILES string of the molecule is CCN(CC)c1ccc(NC(=O)C(=O)NCC(C)C)cc1. The van der Waals surface area contributed by atoms with Gasteiger partial charge < -0.3 is 15.5 Å². The summed E-state index contributed by atoms with van der Waals surface area (Å²) in [7, 11) is 0. The average Bonchev–Trinajstić information content (AvgIpc) is 2.47. The third-order valence-corrected chi connectivity index (χ3v) is 3.13. The number of hydrogen-bond acceptors (Lipinski definition) is 3. The molecule has 0 atom stereocenters. The molecule has 5 nitrogen and oxygen atoms in total. The molecule has 0 aliphatic carbocycles. The van der Waals surface area contributed by atoms with Gasteiger partial charge >= 0.3 is 11.8 Å². The van der Waals surface area contributed by atoms with Crippen LogP contribution in [0.3, 0.4) is 0 Å². The van der Waals surface area contributed by atoms with Crippen molar-refractivity contribution in [2.75, 3.05) is 29.9 Å². The normalized spacial score (nSPS) is 10.3. The summed E-state index contributed by atoms with van der Waals surface area (Å²) in [5, 5.41) is 5.19. The molecule has 0 bridgehead atoms. The van der Waals surface area contributed by atoms with Crippen LogP contribution < -0.4 is 15.5 Å². The molecule has 0 heterocycles. The molecule has 1 rings (SSSR count). The van der Waals surface area contributed by atoms with Crippen molar-refractivity contribution >= 4 is 23.2 Å². The number of carbonyl (C=O) groups is 2. The van der Waals surface area contributed by atoms with E-state index in [9.17, 15) is 9.59 Å². The Bertz CT molecular complexity index is 465. The van der Waals surface area contributed by atoms with Gasteiger partial charge in [0.15, 0.2) is 0 Å². The minimum absolute atomic E-state index is 0.315. The lowest BCUT2D eigenvalue weighted by Gasteiger charge is -2.21. The molecule has 1 aromatic rings. The van der Waals surface area contributed by atoms with Crippen molar-refractivity contribution in [3.05, 3.63) is 24.3 Å². The van der Waals surface area contributed by atoms with Crippen molar-refractivity contribution in [3.63, 3.8) is 0 Å². The average molecular weight is 291 g/mol. The first-order chi connectivity index (χ1) is 9.97. The van der Waals surface area contributed by atoms with Crippen molar-refractivity contribution in [1.82, 2.24) is 5.32 Å². The molecular formula is C16H25N3O2. The number of nitrogens with one attached hydrogen (secondary N) is 2. The van der Waals surface area contributed by atoms with Gasteiger partial charge in [0.25, 0.3) is 0 Å². The Morgan fingerprint density at radius 3 is 2.10 bits per heavy atom. The van der Waals surface area contributed by atoms with Crippen LogP contribution in [-0.2, 0) is 9.59 Å². The van der Waals surface area contributed by atoms with Gasteiger partial charge in [0.05, 0.1) is 0 Å². The highest BCUT2D eigenvalue weighted by Gasteiger charge is 2.13. The zero-order valence-electron chi connectivity index (χ0n) is 13.3. The second kappa shape index (κ2) is 8.29. The molecule has 0 saturated carbocycles. The predicted molar refractivity (Wildman–Crippen MR) is 86.5 cm³/mol. The maximum atomic E-state index is 11.7. The first kappa shape index (κ1) is 17.0. The number of amides is 2. The maximum absolute atomic E-state index is 11.7. The lowest BCUT2D eigenvalue weighted by atomic mass is 10.2. The third kappa shape index (κ3) is 5.45. The van der Waals surface area contributed by atoms with Gasteiger partial charge in [-0.15, -0.1) is 0 Å². The van der Waals surface area contributed by atoms with Crippen LogP contribution in [0.15, 0.2) is 24.3 Å². The van der Waals surface area contributed by atoms with Crippen LogP contribution in [0.5, 0.6) is 0 Å². The van der Waals surface area contributed by atoms with Crippen molar-refractivity contribution in [1.29, 1.82) is 0 Å². The minimum atomic E-state index is -0.633. The third-order valence-electron chi connectivity index (χ3n) is 3.13. The van der Waals surface area contributed by atoms with Crippen LogP contribution >= 0.6 is 0 Å². The van der Waals surface area contributed by atoms with E-state index in [1.54, 1.807) is 12.1 Å². The van der Waals surface area contributed by atoms with E-state index in [0.717, 1.165) is 18.8 Å². The molecule has 2 amide bonds. The molecule has 0 aromatic heterocycles. The Balaban J connectivity index is 2.59. The molecule has 5 heteroatoms. The standard InChI is InChI=1S/C16H25N3O2/c1-5-19(6-2)14-9-7-13(8-10-14)18-16(21)15(20)17-11-12(3)4/h7-10,12H,5-6,11H2,1-4H3,(H,17,20)(H,18,21). The van der Waals surface area contributed by atoms with Gasteiger partial charge in [-0.25, -0.2) is 0 Å². The van der Waals surface area contributed by atoms with Gasteiger partial charge in [-0.05, 0) is 44.0 Å². The van der Waals surface area contributed by atoms with E-state index in [0.29, 0.717) is 18.2 Å². The van der Waals surface area contributed by atoms with Gasteiger partial charge in [-0.1, -0.05) is 13.8 Å². The highest BCUT2D eigenvalue weighted by atomic mass is 16.2. The fourth-order valence-electron chi connectivity index (χ4n) is 1.91. The first-order valence-electron chi connectivity index (χ1n) is 7.42. The summed E-state index contributed by atoms with van der Waals surface area (Å²) >= 11 is 0. The lowest BCUT2D eigenvalue weighted by Crippen LogP contribution is -2.37. The van der Waals surface area contributed by atoms with Gasteiger partial charge in [-0.2, -0.15) is 0 Å². The first-order valence-corrected chi connectivity index (χ1v) is 7.42. The fraction of sp³-hybridized carbons (Fsp3) is 0.500. The Kier molecular flexibility index (Phi) is 6.72. The molecule has 0 unspecified atom stereocenters. The van der Waals surface area contributed by atoms with Crippen LogP contribution in [0.25, 0.3) is 0 Å². The van der Waals surface area contributed by atoms with Gasteiger partial charge in [-0.3, -0.25) is 9.59 Å². The van der Waals surface area contributed by atoms with E-state index in [-0.39, 0.29) is 0 Å². The van der Waals surface area contributed by atoms with E-state index in [1.807, 2.05) is 26.0 Å². The summed E-state index contributed by atoms with van der Waals surface area (Å²) in [5.41, 5.74) is 1.72. The molecule has 0 aliphatic rings. The number of rotatable bonds is 6. The summed E-state index contributed by atoms with van der Waals surface area (Å²) in [5.74, 6) is -0.919. The molecular weight excluding hydrogens is 266 g/mol. The molecule has 0 aliphatic heterocycles. The topological polar surface area (TPSA) is 61.4 Å². The Morgan fingerprint density at radius 1 is 1.05 bits per heavy atom. The van der Waals surface area contributed by atoms with Crippen molar-refractivity contribution in [2.45, 2.75) is 27.7 Å². The minimum Gasteiger partial charge on any atom is -0.372 e. The van der Waals surface area contributed by atoms with Crippen LogP contribution in [0.2, 0.25) is 0 Å². The lowest BCUT2D eigenvalue weighted by molar-refractivity contribution is -0.136. The molecule has 0 saturated heterocycles. The summed E-state index contributed by atoms with van der Waals surface area (Å²) in [6, 6.07) is 7.49. The van der Waals surface area contributed by atoms with Gasteiger partial charge in [0.1, 0.15) is 0 Å². The Labute approximate surface area is 126 Å². The smallest absolute Gasteiger partial charge is 0.313 e. The zero-order valence-corrected chi connectivity index (χ0v) is 13.3. The van der Waals surface area contributed by atoms with E-state index >= 15 is 0 Å². The number of hydrogen-bond donors (Lipinski definition) is 2. The summed E-state index contributed by atoms with van der Waals surface area (Å²) in [6.45, 7) is 10.5. The molecule has 116 valence electrons. The number of nitrogens with zero attached hydrogens (tertiary/aromatic N) is 1. The van der Waals surface area contributed by atoms with Crippen molar-refractivity contribution in [3.8, 4) is 0 Å². The molecule has 0 fully saturated rings. The largest absolute Gasteiger partial charge is 0.372 e. The summed E-state index contributed by atoms with van der Waals surface area (Å²) in [6.07, 6.45) is 0. The van der Waals surface area contributed by atoms with E-state index in [2.05, 4.69) is 29.4 Å². The molecule has 2 N–H and O–H groups in total. The quantitative estimate of drug-likeness (QED) is 0.790. The van der Waals surface area contributed by atoms with Crippen LogP contribution in [0, 0.1) is 5.92 Å². The maximum Gasteiger partial charge on any atom is 0.313 e. The van der Waals surface area contributed by atoms with Gasteiger partial charge in [0.2, 0.25) is 0 Å². The Morgan fingerprint density at radius 2 is 1.62 bits per heavy atom. The van der Waals surface area contributed by atoms with Crippen molar-refractivity contribution < 1.29 is 9.59 Å². The number of anilines is 2. The van der Waals surface area contributed by atoms with Crippen LogP contribution in [-0.4, -0.2) is 31.4 Å². The van der Waals surface area contributed by atoms with Crippen LogP contribution in [0.4, 0.5) is 11.4 Å². The molecule has 0 radical (unpaired) electrons. The second-order valence-corrected chi connectivity index (χ2v) is 5.28. The number of carbonyl (C=O) groups excluding carboxylic acids is 2. The van der Waals surface area contributed by atoms with E-state index in [1.165, 1.54) is 0 Å².